The number of fused-ring (bicyclic) bond motifs is 3. The first-order valence-corrected chi connectivity index (χ1v) is 15.2. The first kappa shape index (κ1) is 29.5. The third kappa shape index (κ3) is 5.22. The van der Waals surface area contributed by atoms with Gasteiger partial charge < -0.3 is 24.4 Å². The lowest BCUT2D eigenvalue weighted by Gasteiger charge is -2.41. The summed E-state index contributed by atoms with van der Waals surface area (Å²) >= 11 is 1.26. The van der Waals surface area contributed by atoms with E-state index in [0.29, 0.717) is 35.4 Å². The lowest BCUT2D eigenvalue weighted by molar-refractivity contribution is -0.118. The molecule has 3 atom stereocenters. The summed E-state index contributed by atoms with van der Waals surface area (Å²) in [4.78, 5) is 72.8. The average molecular weight is 623 g/mol. The Morgan fingerprint density at radius 2 is 1.70 bits per heavy atom. The fourth-order valence-corrected chi connectivity index (χ4v) is 6.47. The Morgan fingerprint density at radius 3 is 2.34 bits per heavy atom. The molecule has 0 aromatic carbocycles. The topological polar surface area (TPSA) is 162 Å². The molecule has 0 spiro atoms. The van der Waals surface area contributed by atoms with Crippen molar-refractivity contribution in [2.45, 2.75) is 64.3 Å². The van der Waals surface area contributed by atoms with Crippen LogP contribution < -0.4 is 21.5 Å². The van der Waals surface area contributed by atoms with Gasteiger partial charge in [0.25, 0.3) is 5.56 Å². The molecule has 0 saturated carbocycles. The van der Waals surface area contributed by atoms with E-state index in [4.69, 9.17) is 4.74 Å². The third-order valence-electron chi connectivity index (χ3n) is 8.00. The third-order valence-corrected chi connectivity index (χ3v) is 8.76. The second-order valence-corrected chi connectivity index (χ2v) is 13.0. The molecular weight excluding hydrogens is 588 g/mol. The van der Waals surface area contributed by atoms with Gasteiger partial charge in [-0.25, -0.2) is 29.5 Å². The maximum atomic E-state index is 13.1. The minimum absolute atomic E-state index is 0.118. The number of thiazole rings is 1. The maximum Gasteiger partial charge on any atom is 0.410 e. The van der Waals surface area contributed by atoms with E-state index < -0.39 is 28.8 Å². The molecule has 2 aliphatic rings. The summed E-state index contributed by atoms with van der Waals surface area (Å²) < 4.78 is 9.29. The smallest absolute Gasteiger partial charge is 0.410 e. The molecule has 232 valence electrons. The number of hydrogen-bond donors (Lipinski definition) is 1. The van der Waals surface area contributed by atoms with Crippen molar-refractivity contribution in [1.82, 2.24) is 38.5 Å². The highest BCUT2D eigenvalue weighted by molar-refractivity contribution is 7.14. The van der Waals surface area contributed by atoms with E-state index in [9.17, 15) is 19.2 Å². The monoisotopic (exact) mass is 622 g/mol. The standard InChI is InChI=1S/C28H34N10O5S/c1-15(37-14-31-21-20(37)23(40)35(6)26(41)34(21)5)22(39)33-25-32-19(13-44-25)16-9-29-24(30-10-16)38-17-7-8-18(38)12-36(11-17)27(42)43-28(2,3)4/h9-10,13-15,17-18H,7-8,11-12H2,1-6H3,(H,32,33,39)/t15-,17?,18?/m0/s1. The molecule has 4 aromatic heterocycles. The molecule has 6 heterocycles. The molecule has 1 N–H and O–H groups in total. The number of anilines is 2. The average Bonchev–Trinajstić information content (AvgIpc) is 3.70. The van der Waals surface area contributed by atoms with Crippen molar-refractivity contribution in [1.29, 1.82) is 0 Å². The predicted octanol–water partition coefficient (Wildman–Crippen LogP) is 2.13. The van der Waals surface area contributed by atoms with Gasteiger partial charge in [0.15, 0.2) is 16.3 Å². The van der Waals surface area contributed by atoms with E-state index in [1.54, 1.807) is 29.6 Å². The first-order chi connectivity index (χ1) is 20.8. The van der Waals surface area contributed by atoms with Crippen molar-refractivity contribution in [3.8, 4) is 11.3 Å². The summed E-state index contributed by atoms with van der Waals surface area (Å²) in [5.74, 6) is 0.215. The molecule has 6 rings (SSSR count). The van der Waals surface area contributed by atoms with Gasteiger partial charge in [-0.05, 0) is 40.5 Å². The van der Waals surface area contributed by atoms with E-state index in [2.05, 4.69) is 30.2 Å². The van der Waals surface area contributed by atoms with E-state index in [-0.39, 0.29) is 29.3 Å². The molecule has 16 heteroatoms. The molecule has 2 fully saturated rings. The van der Waals surface area contributed by atoms with Crippen LogP contribution in [-0.4, -0.2) is 81.3 Å². The van der Waals surface area contributed by atoms with Gasteiger partial charge in [-0.15, -0.1) is 11.3 Å². The van der Waals surface area contributed by atoms with E-state index in [1.807, 2.05) is 20.8 Å². The van der Waals surface area contributed by atoms with Crippen LogP contribution in [0.2, 0.25) is 0 Å². The molecule has 2 bridgehead atoms. The molecule has 2 saturated heterocycles. The first-order valence-electron chi connectivity index (χ1n) is 14.3. The number of likely N-dealkylation sites (tertiary alicyclic amines) is 1. The number of nitrogens with zero attached hydrogens (tertiary/aromatic N) is 9. The summed E-state index contributed by atoms with van der Waals surface area (Å²) in [7, 11) is 2.91. The SMILES string of the molecule is C[C@@H](C(=O)Nc1nc(-c2cnc(N3C4CCC3CN(C(=O)OC(C)(C)C)C4)nc2)cs1)n1cnc2c1c(=O)n(C)c(=O)n2C. The fraction of sp³-hybridized carbons (Fsp3) is 0.500. The van der Waals surface area contributed by atoms with Crippen LogP contribution in [0.15, 0.2) is 33.7 Å². The van der Waals surface area contributed by atoms with Crippen LogP contribution in [0.3, 0.4) is 0 Å². The second-order valence-electron chi connectivity index (χ2n) is 12.2. The molecule has 0 radical (unpaired) electrons. The molecule has 2 amide bonds. The van der Waals surface area contributed by atoms with Gasteiger partial charge in [0.05, 0.1) is 24.1 Å². The minimum Gasteiger partial charge on any atom is -0.444 e. The van der Waals surface area contributed by atoms with Crippen LogP contribution in [0.5, 0.6) is 0 Å². The minimum atomic E-state index is -0.800. The number of imidazole rings is 1. The number of nitrogens with one attached hydrogen (secondary N) is 1. The zero-order chi connectivity index (χ0) is 31.5. The van der Waals surface area contributed by atoms with Crippen LogP contribution in [-0.2, 0) is 23.6 Å². The molecule has 15 nitrogen and oxygen atoms in total. The number of aryl methyl sites for hydroxylation is 1. The predicted molar refractivity (Wildman–Crippen MR) is 164 cm³/mol. The largest absolute Gasteiger partial charge is 0.444 e. The van der Waals surface area contributed by atoms with Gasteiger partial charge in [0.1, 0.15) is 11.6 Å². The Bertz CT molecular complexity index is 1850. The van der Waals surface area contributed by atoms with Crippen molar-refractivity contribution in [2.24, 2.45) is 14.1 Å². The van der Waals surface area contributed by atoms with Crippen LogP contribution in [0.25, 0.3) is 22.4 Å². The van der Waals surface area contributed by atoms with E-state index in [0.717, 1.165) is 17.4 Å². The number of amides is 2. The normalized spacial score (nSPS) is 19.0. The number of ether oxygens (including phenoxy) is 1. The Labute approximate surface area is 256 Å². The van der Waals surface area contributed by atoms with Crippen molar-refractivity contribution >= 4 is 45.6 Å². The Balaban J connectivity index is 1.13. The lowest BCUT2D eigenvalue weighted by atomic mass is 10.2. The Kier molecular flexibility index (Phi) is 7.26. The molecule has 44 heavy (non-hydrogen) atoms. The van der Waals surface area contributed by atoms with Crippen molar-refractivity contribution in [3.63, 3.8) is 0 Å². The zero-order valence-electron chi connectivity index (χ0n) is 25.3. The molecule has 0 aliphatic carbocycles. The molecule has 4 aromatic rings. The molecular formula is C28H34N10O5S. The van der Waals surface area contributed by atoms with Crippen LogP contribution in [0, 0.1) is 0 Å². The van der Waals surface area contributed by atoms with Gasteiger partial charge in [-0.2, -0.15) is 0 Å². The highest BCUT2D eigenvalue weighted by Gasteiger charge is 2.43. The number of hydrogen-bond acceptors (Lipinski definition) is 11. The highest BCUT2D eigenvalue weighted by atomic mass is 32.1. The highest BCUT2D eigenvalue weighted by Crippen LogP contribution is 2.34. The van der Waals surface area contributed by atoms with Gasteiger partial charge in [-0.1, -0.05) is 0 Å². The second kappa shape index (κ2) is 10.8. The summed E-state index contributed by atoms with van der Waals surface area (Å²) in [6.45, 7) is 8.36. The Morgan fingerprint density at radius 1 is 1.05 bits per heavy atom. The number of rotatable bonds is 5. The van der Waals surface area contributed by atoms with Crippen molar-refractivity contribution in [3.05, 3.63) is 44.9 Å². The van der Waals surface area contributed by atoms with Crippen LogP contribution >= 0.6 is 11.3 Å². The van der Waals surface area contributed by atoms with Gasteiger partial charge >= 0.3 is 11.8 Å². The number of carbonyl (C=O) groups is 2. The summed E-state index contributed by atoms with van der Waals surface area (Å²) in [6, 6.07) is -0.563. The summed E-state index contributed by atoms with van der Waals surface area (Å²) in [5.41, 5.74) is 0.107. The fourth-order valence-electron chi connectivity index (χ4n) is 5.75. The Hall–Kier alpha value is -4.60. The van der Waals surface area contributed by atoms with Crippen molar-refractivity contribution < 1.29 is 14.3 Å². The molecule has 2 unspecified atom stereocenters. The van der Waals surface area contributed by atoms with Gasteiger partial charge in [0, 0.05) is 50.5 Å². The summed E-state index contributed by atoms with van der Waals surface area (Å²) in [6.07, 6.45) is 6.41. The van der Waals surface area contributed by atoms with Gasteiger partial charge in [0.2, 0.25) is 11.9 Å². The molecule has 2 aliphatic heterocycles. The van der Waals surface area contributed by atoms with Crippen molar-refractivity contribution in [2.75, 3.05) is 23.3 Å². The summed E-state index contributed by atoms with van der Waals surface area (Å²) in [5, 5.41) is 4.99. The van der Waals surface area contributed by atoms with E-state index in [1.165, 1.54) is 40.9 Å². The number of piperazine rings is 1. The zero-order valence-corrected chi connectivity index (χ0v) is 26.2. The quantitative estimate of drug-likeness (QED) is 0.349. The van der Waals surface area contributed by atoms with Gasteiger partial charge in [-0.3, -0.25) is 18.7 Å². The van der Waals surface area contributed by atoms with Crippen LogP contribution in [0.1, 0.15) is 46.6 Å². The van der Waals surface area contributed by atoms with Crippen LogP contribution in [0.4, 0.5) is 15.9 Å². The number of carbonyl (C=O) groups excluding carboxylic acids is 2. The lowest BCUT2D eigenvalue weighted by Crippen LogP contribution is -2.56. The number of aromatic nitrogens is 7. The van der Waals surface area contributed by atoms with E-state index >= 15 is 0 Å². The maximum absolute atomic E-state index is 13.1.